The van der Waals surface area contributed by atoms with Gasteiger partial charge < -0.3 is 5.32 Å². The van der Waals surface area contributed by atoms with Gasteiger partial charge in [-0.3, -0.25) is 4.79 Å². The first-order chi connectivity index (χ1) is 11.9. The van der Waals surface area contributed by atoms with Crippen molar-refractivity contribution in [2.24, 2.45) is 0 Å². The molecule has 2 aromatic carbocycles. The Bertz CT molecular complexity index is 971. The van der Waals surface area contributed by atoms with Crippen molar-refractivity contribution in [3.05, 3.63) is 70.0 Å². The molecular weight excluding hydrogens is 350 g/mol. The van der Waals surface area contributed by atoms with Gasteiger partial charge in [0.2, 0.25) is 0 Å². The summed E-state index contributed by atoms with van der Waals surface area (Å²) in [6, 6.07) is 8.06. The number of halogens is 3. The summed E-state index contributed by atoms with van der Waals surface area (Å²) in [5, 5.41) is 10.7. The Labute approximate surface area is 147 Å². The van der Waals surface area contributed by atoms with Crippen molar-refractivity contribution in [3.8, 4) is 5.69 Å². The largest absolute Gasteiger partial charge is 0.320 e. The average Bonchev–Trinajstić information content (AvgIpc) is 2.95. The number of hydrogen-bond acceptors (Lipinski definition) is 3. The molecule has 1 heterocycles. The summed E-state index contributed by atoms with van der Waals surface area (Å²) in [5.74, 6) is -1.81. The molecule has 3 rings (SSSR count). The number of nitrogens with zero attached hydrogens (tertiary/aromatic N) is 3. The van der Waals surface area contributed by atoms with E-state index in [1.807, 2.05) is 6.92 Å². The highest BCUT2D eigenvalue weighted by Crippen LogP contribution is 2.22. The SMILES string of the molecule is Cc1ccc(Cl)cc1NC(=O)c1nnn(-c2cc(F)ccc2F)c1C. The maximum atomic E-state index is 13.9. The molecule has 0 atom stereocenters. The predicted molar refractivity (Wildman–Crippen MR) is 90.2 cm³/mol. The lowest BCUT2D eigenvalue weighted by Gasteiger charge is -2.08. The van der Waals surface area contributed by atoms with Crippen LogP contribution in [-0.2, 0) is 0 Å². The zero-order valence-corrected chi connectivity index (χ0v) is 14.1. The Morgan fingerprint density at radius 1 is 1.16 bits per heavy atom. The Hall–Kier alpha value is -2.80. The topological polar surface area (TPSA) is 59.8 Å². The fraction of sp³-hybridized carbons (Fsp3) is 0.118. The molecule has 1 amide bonds. The Balaban J connectivity index is 1.94. The lowest BCUT2D eigenvalue weighted by atomic mass is 10.2. The number of nitrogens with one attached hydrogen (secondary N) is 1. The molecule has 25 heavy (non-hydrogen) atoms. The van der Waals surface area contributed by atoms with E-state index in [-0.39, 0.29) is 17.1 Å². The Kier molecular flexibility index (Phi) is 4.50. The van der Waals surface area contributed by atoms with Crippen LogP contribution in [0.1, 0.15) is 21.7 Å². The van der Waals surface area contributed by atoms with Crippen LogP contribution >= 0.6 is 11.6 Å². The van der Waals surface area contributed by atoms with Gasteiger partial charge in [0.05, 0.1) is 5.69 Å². The van der Waals surface area contributed by atoms with Gasteiger partial charge in [0.1, 0.15) is 17.3 Å². The molecule has 0 unspecified atom stereocenters. The van der Waals surface area contributed by atoms with Gasteiger partial charge in [-0.2, -0.15) is 0 Å². The first-order valence-corrected chi connectivity index (χ1v) is 7.70. The van der Waals surface area contributed by atoms with Gasteiger partial charge in [-0.1, -0.05) is 22.9 Å². The third-order valence-corrected chi connectivity index (χ3v) is 3.93. The van der Waals surface area contributed by atoms with Crippen LogP contribution in [0, 0.1) is 25.5 Å². The molecule has 8 heteroatoms. The van der Waals surface area contributed by atoms with E-state index < -0.39 is 17.5 Å². The van der Waals surface area contributed by atoms with Crippen LogP contribution in [0.5, 0.6) is 0 Å². The number of rotatable bonds is 3. The lowest BCUT2D eigenvalue weighted by molar-refractivity contribution is 0.102. The molecule has 0 saturated heterocycles. The van der Waals surface area contributed by atoms with Crippen molar-refractivity contribution in [2.45, 2.75) is 13.8 Å². The molecule has 0 aliphatic carbocycles. The van der Waals surface area contributed by atoms with Crippen molar-refractivity contribution in [2.75, 3.05) is 5.32 Å². The van der Waals surface area contributed by atoms with E-state index in [1.165, 1.54) is 0 Å². The van der Waals surface area contributed by atoms with E-state index in [0.717, 1.165) is 28.4 Å². The third kappa shape index (κ3) is 3.36. The van der Waals surface area contributed by atoms with Gasteiger partial charge in [0, 0.05) is 16.8 Å². The molecule has 0 radical (unpaired) electrons. The summed E-state index contributed by atoms with van der Waals surface area (Å²) in [5.41, 5.74) is 1.51. The van der Waals surface area contributed by atoms with Gasteiger partial charge >= 0.3 is 0 Å². The molecule has 0 fully saturated rings. The second kappa shape index (κ2) is 6.60. The van der Waals surface area contributed by atoms with E-state index in [9.17, 15) is 13.6 Å². The quantitative estimate of drug-likeness (QED) is 0.764. The highest BCUT2D eigenvalue weighted by Gasteiger charge is 2.20. The number of carbonyl (C=O) groups is 1. The minimum Gasteiger partial charge on any atom is -0.320 e. The standard InChI is InChI=1S/C17H13ClF2N4O/c1-9-3-4-11(18)7-14(9)21-17(25)16-10(2)24(23-22-16)15-8-12(19)5-6-13(15)20/h3-8H,1-2H3,(H,21,25). The molecule has 0 saturated carbocycles. The van der Waals surface area contributed by atoms with Gasteiger partial charge in [-0.15, -0.1) is 5.10 Å². The van der Waals surface area contributed by atoms with Gasteiger partial charge in [0.25, 0.3) is 5.91 Å². The minimum absolute atomic E-state index is 0.00281. The summed E-state index contributed by atoms with van der Waals surface area (Å²) in [7, 11) is 0. The van der Waals surface area contributed by atoms with Gasteiger partial charge in [-0.05, 0) is 43.7 Å². The molecule has 0 aliphatic rings. The number of benzene rings is 2. The van der Waals surface area contributed by atoms with Crippen LogP contribution in [0.25, 0.3) is 5.69 Å². The van der Waals surface area contributed by atoms with E-state index in [1.54, 1.807) is 25.1 Å². The number of amides is 1. The Morgan fingerprint density at radius 2 is 1.92 bits per heavy atom. The zero-order chi connectivity index (χ0) is 18.1. The first-order valence-electron chi connectivity index (χ1n) is 7.32. The normalized spacial score (nSPS) is 10.8. The molecule has 0 spiro atoms. The maximum absolute atomic E-state index is 13.9. The first kappa shape index (κ1) is 17.0. The van der Waals surface area contributed by atoms with Crippen molar-refractivity contribution in [3.63, 3.8) is 0 Å². The molecule has 3 aromatic rings. The number of carbonyl (C=O) groups excluding carboxylic acids is 1. The number of anilines is 1. The van der Waals surface area contributed by atoms with Crippen LogP contribution < -0.4 is 5.32 Å². The zero-order valence-electron chi connectivity index (χ0n) is 13.3. The molecule has 1 aromatic heterocycles. The van der Waals surface area contributed by atoms with E-state index in [2.05, 4.69) is 15.6 Å². The monoisotopic (exact) mass is 362 g/mol. The molecular formula is C17H13ClF2N4O. The van der Waals surface area contributed by atoms with Crippen LogP contribution in [0.3, 0.4) is 0 Å². The second-order valence-electron chi connectivity index (χ2n) is 5.44. The van der Waals surface area contributed by atoms with Crippen molar-refractivity contribution < 1.29 is 13.6 Å². The predicted octanol–water partition coefficient (Wildman–Crippen LogP) is 4.07. The van der Waals surface area contributed by atoms with Crippen molar-refractivity contribution in [1.82, 2.24) is 15.0 Å². The summed E-state index contributed by atoms with van der Waals surface area (Å²) >= 11 is 5.93. The highest BCUT2D eigenvalue weighted by molar-refractivity contribution is 6.31. The molecule has 0 aliphatic heterocycles. The lowest BCUT2D eigenvalue weighted by Crippen LogP contribution is -2.15. The second-order valence-corrected chi connectivity index (χ2v) is 5.88. The van der Waals surface area contributed by atoms with E-state index in [4.69, 9.17) is 11.6 Å². The Morgan fingerprint density at radius 3 is 2.68 bits per heavy atom. The fourth-order valence-electron chi connectivity index (χ4n) is 2.33. The molecule has 0 bridgehead atoms. The summed E-state index contributed by atoms with van der Waals surface area (Å²) in [6.07, 6.45) is 0. The van der Waals surface area contributed by atoms with E-state index in [0.29, 0.717) is 10.7 Å². The number of hydrogen-bond donors (Lipinski definition) is 1. The third-order valence-electron chi connectivity index (χ3n) is 3.69. The number of aromatic nitrogens is 3. The summed E-state index contributed by atoms with van der Waals surface area (Å²) in [4.78, 5) is 12.5. The molecule has 5 nitrogen and oxygen atoms in total. The van der Waals surface area contributed by atoms with Crippen molar-refractivity contribution >= 4 is 23.2 Å². The minimum atomic E-state index is -0.674. The van der Waals surface area contributed by atoms with Crippen LogP contribution in [0.4, 0.5) is 14.5 Å². The average molecular weight is 363 g/mol. The smallest absolute Gasteiger partial charge is 0.278 e. The maximum Gasteiger partial charge on any atom is 0.278 e. The van der Waals surface area contributed by atoms with Crippen molar-refractivity contribution in [1.29, 1.82) is 0 Å². The summed E-state index contributed by atoms with van der Waals surface area (Å²) < 4.78 is 28.4. The molecule has 1 N–H and O–H groups in total. The highest BCUT2D eigenvalue weighted by atomic mass is 35.5. The summed E-state index contributed by atoms with van der Waals surface area (Å²) in [6.45, 7) is 3.36. The van der Waals surface area contributed by atoms with Gasteiger partial charge in [0.15, 0.2) is 5.69 Å². The van der Waals surface area contributed by atoms with Crippen LogP contribution in [0.2, 0.25) is 5.02 Å². The van der Waals surface area contributed by atoms with E-state index >= 15 is 0 Å². The van der Waals surface area contributed by atoms with Gasteiger partial charge in [-0.25, -0.2) is 13.5 Å². The molecule has 128 valence electrons. The number of aryl methyl sites for hydroxylation is 1. The fourth-order valence-corrected chi connectivity index (χ4v) is 2.50. The van der Waals surface area contributed by atoms with Crippen LogP contribution in [0.15, 0.2) is 36.4 Å². The van der Waals surface area contributed by atoms with Crippen LogP contribution in [-0.4, -0.2) is 20.9 Å².